The molecule has 0 bridgehead atoms. The van der Waals surface area contributed by atoms with E-state index in [-0.39, 0.29) is 5.16 Å². The summed E-state index contributed by atoms with van der Waals surface area (Å²) >= 11 is 5.73. The molecule has 0 aliphatic rings. The summed E-state index contributed by atoms with van der Waals surface area (Å²) in [5.74, 6) is 0. The maximum atomic E-state index is 11.2. The molecule has 0 saturated heterocycles. The Morgan fingerprint density at radius 1 is 1.20 bits per heavy atom. The van der Waals surface area contributed by atoms with Crippen molar-refractivity contribution in [1.29, 1.82) is 0 Å². The van der Waals surface area contributed by atoms with Crippen molar-refractivity contribution < 1.29 is 8.42 Å². The summed E-state index contributed by atoms with van der Waals surface area (Å²) in [6, 6.07) is 4.79. The van der Waals surface area contributed by atoms with Crippen molar-refractivity contribution in [2.75, 3.05) is 6.26 Å². The second kappa shape index (κ2) is 3.39. The molecule has 0 fully saturated rings. The lowest BCUT2D eigenvalue weighted by molar-refractivity contribution is 0.591. The highest BCUT2D eigenvalue weighted by Crippen LogP contribution is 2.15. The van der Waals surface area contributed by atoms with Crippen molar-refractivity contribution in [3.05, 3.63) is 23.2 Å². The number of nitrogens with zero attached hydrogens (tertiary/aromatic N) is 3. The standard InChI is InChI=1S/C8H6ClN3O2S/c1-15(13,14)8-10-6-3-2-5(9)4-7(6)11-12-8/h2-4H,1H3. The van der Waals surface area contributed by atoms with Crippen molar-refractivity contribution in [2.45, 2.75) is 5.16 Å². The molecule has 0 N–H and O–H groups in total. The van der Waals surface area contributed by atoms with Gasteiger partial charge in [-0.1, -0.05) is 11.6 Å². The zero-order valence-electron chi connectivity index (χ0n) is 7.68. The van der Waals surface area contributed by atoms with Crippen LogP contribution in [0.5, 0.6) is 0 Å². The van der Waals surface area contributed by atoms with E-state index < -0.39 is 9.84 Å². The van der Waals surface area contributed by atoms with E-state index in [1.54, 1.807) is 18.2 Å². The van der Waals surface area contributed by atoms with Gasteiger partial charge in [-0.15, -0.1) is 10.2 Å². The van der Waals surface area contributed by atoms with Crippen LogP contribution in [0, 0.1) is 0 Å². The average Bonchev–Trinajstić information content (AvgIpc) is 2.15. The lowest BCUT2D eigenvalue weighted by Crippen LogP contribution is -2.05. The van der Waals surface area contributed by atoms with Crippen molar-refractivity contribution >= 4 is 32.5 Å². The molecule has 0 atom stereocenters. The lowest BCUT2D eigenvalue weighted by atomic mass is 10.3. The molecule has 1 heterocycles. The maximum Gasteiger partial charge on any atom is 0.267 e. The zero-order valence-corrected chi connectivity index (χ0v) is 9.25. The van der Waals surface area contributed by atoms with E-state index in [1.807, 2.05) is 0 Å². The third kappa shape index (κ3) is 2.05. The van der Waals surface area contributed by atoms with E-state index in [2.05, 4.69) is 15.2 Å². The Kier molecular flexibility index (Phi) is 2.32. The van der Waals surface area contributed by atoms with Gasteiger partial charge in [-0.3, -0.25) is 0 Å². The smallest absolute Gasteiger partial charge is 0.221 e. The van der Waals surface area contributed by atoms with Gasteiger partial charge in [-0.25, -0.2) is 13.4 Å². The van der Waals surface area contributed by atoms with E-state index in [0.29, 0.717) is 16.1 Å². The molecule has 2 rings (SSSR count). The number of fused-ring (bicyclic) bond motifs is 1. The van der Waals surface area contributed by atoms with Crippen LogP contribution in [0.15, 0.2) is 23.4 Å². The van der Waals surface area contributed by atoms with Crippen LogP contribution in [-0.4, -0.2) is 29.9 Å². The van der Waals surface area contributed by atoms with E-state index in [0.717, 1.165) is 6.26 Å². The second-order valence-electron chi connectivity index (χ2n) is 3.00. The third-order valence-corrected chi connectivity index (χ3v) is 2.80. The monoisotopic (exact) mass is 243 g/mol. The average molecular weight is 244 g/mol. The molecule has 7 heteroatoms. The summed E-state index contributed by atoms with van der Waals surface area (Å²) in [6.45, 7) is 0. The molecule has 0 spiro atoms. The minimum absolute atomic E-state index is 0.280. The Morgan fingerprint density at radius 3 is 2.60 bits per heavy atom. The second-order valence-corrected chi connectivity index (χ2v) is 5.35. The normalized spacial score (nSPS) is 11.9. The van der Waals surface area contributed by atoms with Crippen LogP contribution < -0.4 is 0 Å². The molecule has 0 unspecified atom stereocenters. The summed E-state index contributed by atoms with van der Waals surface area (Å²) in [7, 11) is -3.42. The fourth-order valence-corrected chi connectivity index (χ4v) is 1.67. The Morgan fingerprint density at radius 2 is 1.93 bits per heavy atom. The van der Waals surface area contributed by atoms with Gasteiger partial charge in [0.2, 0.25) is 9.84 Å². The highest BCUT2D eigenvalue weighted by Gasteiger charge is 2.12. The first-order valence-corrected chi connectivity index (χ1v) is 6.24. The van der Waals surface area contributed by atoms with E-state index in [4.69, 9.17) is 11.6 Å². The predicted molar refractivity (Wildman–Crippen MR) is 55.5 cm³/mol. The van der Waals surface area contributed by atoms with Gasteiger partial charge >= 0.3 is 0 Å². The van der Waals surface area contributed by atoms with Gasteiger partial charge in [0.05, 0.1) is 5.52 Å². The van der Waals surface area contributed by atoms with Crippen LogP contribution in [0.4, 0.5) is 0 Å². The van der Waals surface area contributed by atoms with Crippen LogP contribution in [-0.2, 0) is 9.84 Å². The molecule has 0 radical (unpaired) electrons. The van der Waals surface area contributed by atoms with Gasteiger partial charge in [-0.05, 0) is 18.2 Å². The van der Waals surface area contributed by atoms with Crippen molar-refractivity contribution in [3.8, 4) is 0 Å². The van der Waals surface area contributed by atoms with E-state index in [1.165, 1.54) is 0 Å². The van der Waals surface area contributed by atoms with Crippen LogP contribution in [0.1, 0.15) is 0 Å². The summed E-state index contributed by atoms with van der Waals surface area (Å²) in [4.78, 5) is 3.87. The molecule has 0 aliphatic carbocycles. The molecule has 1 aromatic heterocycles. The fourth-order valence-electron chi connectivity index (χ4n) is 1.05. The highest BCUT2D eigenvalue weighted by atomic mass is 35.5. The number of rotatable bonds is 1. The molecule has 78 valence electrons. The molecular formula is C8H6ClN3O2S. The number of aromatic nitrogens is 3. The van der Waals surface area contributed by atoms with Gasteiger partial charge in [0.25, 0.3) is 5.16 Å². The Labute approximate surface area is 91.0 Å². The number of sulfone groups is 1. The molecule has 5 nitrogen and oxygen atoms in total. The SMILES string of the molecule is CS(=O)(=O)c1nnc2cc(Cl)ccc2n1. The van der Waals surface area contributed by atoms with E-state index >= 15 is 0 Å². The summed E-state index contributed by atoms with van der Waals surface area (Å²) in [5, 5.41) is 7.47. The Bertz CT molecular complexity index is 627. The van der Waals surface area contributed by atoms with Crippen LogP contribution in [0.3, 0.4) is 0 Å². The predicted octanol–water partition coefficient (Wildman–Crippen LogP) is 1.08. The molecule has 1 aromatic carbocycles. The van der Waals surface area contributed by atoms with Gasteiger partial charge in [0, 0.05) is 11.3 Å². The first-order valence-electron chi connectivity index (χ1n) is 3.97. The topological polar surface area (TPSA) is 72.8 Å². The summed E-state index contributed by atoms with van der Waals surface area (Å²) < 4.78 is 22.3. The molecule has 0 aliphatic heterocycles. The number of hydrogen-bond donors (Lipinski definition) is 0. The molecule has 0 amide bonds. The largest absolute Gasteiger partial charge is 0.267 e. The third-order valence-electron chi connectivity index (χ3n) is 1.73. The lowest BCUT2D eigenvalue weighted by Gasteiger charge is -1.98. The van der Waals surface area contributed by atoms with Crippen LogP contribution in [0.2, 0.25) is 5.02 Å². The van der Waals surface area contributed by atoms with Gasteiger partial charge in [-0.2, -0.15) is 0 Å². The molecule has 0 saturated carbocycles. The van der Waals surface area contributed by atoms with Gasteiger partial charge in [0.1, 0.15) is 5.52 Å². The minimum Gasteiger partial charge on any atom is -0.221 e. The van der Waals surface area contributed by atoms with E-state index in [9.17, 15) is 8.42 Å². The molecule has 2 aromatic rings. The maximum absolute atomic E-state index is 11.2. The number of benzene rings is 1. The van der Waals surface area contributed by atoms with Crippen molar-refractivity contribution in [3.63, 3.8) is 0 Å². The van der Waals surface area contributed by atoms with Crippen molar-refractivity contribution in [2.24, 2.45) is 0 Å². The first kappa shape index (κ1) is 10.3. The number of hydrogen-bond acceptors (Lipinski definition) is 5. The molecular weight excluding hydrogens is 238 g/mol. The summed E-state index contributed by atoms with van der Waals surface area (Å²) in [6.07, 6.45) is 1.03. The fraction of sp³-hybridized carbons (Fsp3) is 0.125. The Balaban J connectivity index is 2.73. The first-order chi connectivity index (χ1) is 6.97. The molecule has 15 heavy (non-hydrogen) atoms. The van der Waals surface area contributed by atoms with Gasteiger partial charge in [0.15, 0.2) is 0 Å². The van der Waals surface area contributed by atoms with Crippen molar-refractivity contribution in [1.82, 2.24) is 15.2 Å². The zero-order chi connectivity index (χ0) is 11.1. The quantitative estimate of drug-likeness (QED) is 0.749. The van der Waals surface area contributed by atoms with Crippen LogP contribution >= 0.6 is 11.6 Å². The van der Waals surface area contributed by atoms with Gasteiger partial charge < -0.3 is 0 Å². The summed E-state index contributed by atoms with van der Waals surface area (Å²) in [5.41, 5.74) is 0.921. The Hall–Kier alpha value is -1.27. The highest BCUT2D eigenvalue weighted by molar-refractivity contribution is 7.90. The number of halogens is 1. The van der Waals surface area contributed by atoms with Crippen LogP contribution in [0.25, 0.3) is 11.0 Å². The minimum atomic E-state index is -3.42.